The molecule has 0 atom stereocenters. The second-order valence-corrected chi connectivity index (χ2v) is 4.43. The minimum atomic E-state index is 0.432. The number of rotatable bonds is 0. The fraction of sp³-hybridized carbons (Fsp3) is 0.625. The zero-order valence-electron chi connectivity index (χ0n) is 12.3. The van der Waals surface area contributed by atoms with Crippen molar-refractivity contribution in [3.8, 4) is 0 Å². The van der Waals surface area contributed by atoms with Crippen LogP contribution in [0.15, 0.2) is 24.3 Å². The van der Waals surface area contributed by atoms with Crippen LogP contribution < -0.4 is 10.6 Å². The second kappa shape index (κ2) is 7.42. The maximum absolute atomic E-state index is 3.53. The molecule has 2 heterocycles. The Morgan fingerprint density at radius 1 is 0.944 bits per heavy atom. The monoisotopic (exact) mass is 248 g/mol. The Bertz CT molecular complexity index is 335. The fourth-order valence-corrected chi connectivity index (χ4v) is 2.81. The molecule has 3 rings (SSSR count). The maximum atomic E-state index is 3.53. The Hall–Kier alpha value is -1.02. The van der Waals surface area contributed by atoms with E-state index in [2.05, 4.69) is 34.9 Å². The van der Waals surface area contributed by atoms with Gasteiger partial charge >= 0.3 is 0 Å². The van der Waals surface area contributed by atoms with Crippen LogP contribution in [-0.2, 0) is 5.41 Å². The third kappa shape index (κ3) is 2.86. The molecule has 1 fully saturated rings. The van der Waals surface area contributed by atoms with E-state index in [0.29, 0.717) is 5.41 Å². The van der Waals surface area contributed by atoms with Crippen LogP contribution in [0.2, 0.25) is 0 Å². The van der Waals surface area contributed by atoms with Crippen molar-refractivity contribution < 1.29 is 0 Å². The molecule has 0 bridgehead atoms. The SMILES string of the molecule is CC.CC.c1ccc2c(c1)NCC21CCNCC1. The average molecular weight is 248 g/mol. The Balaban J connectivity index is 0.000000371. The number of anilines is 1. The largest absolute Gasteiger partial charge is 0.384 e. The van der Waals surface area contributed by atoms with Gasteiger partial charge in [0, 0.05) is 17.6 Å². The van der Waals surface area contributed by atoms with Crippen molar-refractivity contribution in [2.75, 3.05) is 25.0 Å². The summed E-state index contributed by atoms with van der Waals surface area (Å²) >= 11 is 0. The molecule has 2 aliphatic rings. The standard InChI is InChI=1S/C12H16N2.2C2H6/c1-2-4-11-10(3-1)12(9-14-11)5-7-13-8-6-12;2*1-2/h1-4,13-14H,5-9H2;2*1-2H3. The summed E-state index contributed by atoms with van der Waals surface area (Å²) in [4.78, 5) is 0. The second-order valence-electron chi connectivity index (χ2n) is 4.43. The van der Waals surface area contributed by atoms with E-state index < -0.39 is 0 Å². The van der Waals surface area contributed by atoms with Gasteiger partial charge in [-0.2, -0.15) is 0 Å². The minimum Gasteiger partial charge on any atom is -0.384 e. The molecule has 2 N–H and O–H groups in total. The van der Waals surface area contributed by atoms with Gasteiger partial charge in [0.05, 0.1) is 0 Å². The first-order chi connectivity index (χ1) is 8.91. The number of benzene rings is 1. The lowest BCUT2D eigenvalue weighted by Gasteiger charge is -2.33. The molecular formula is C16H28N2. The van der Waals surface area contributed by atoms with E-state index in [1.54, 1.807) is 5.56 Å². The van der Waals surface area contributed by atoms with Gasteiger partial charge in [-0.15, -0.1) is 0 Å². The first kappa shape index (κ1) is 15.0. The quantitative estimate of drug-likeness (QED) is 0.730. The van der Waals surface area contributed by atoms with E-state index in [0.717, 1.165) is 19.6 Å². The number of fused-ring (bicyclic) bond motifs is 2. The van der Waals surface area contributed by atoms with Crippen LogP contribution in [0.4, 0.5) is 5.69 Å². The van der Waals surface area contributed by atoms with Crippen LogP contribution in [0.5, 0.6) is 0 Å². The number of para-hydroxylation sites is 1. The summed E-state index contributed by atoms with van der Waals surface area (Å²) in [5.41, 5.74) is 3.33. The lowest BCUT2D eigenvalue weighted by Crippen LogP contribution is -2.41. The third-order valence-electron chi connectivity index (χ3n) is 3.68. The van der Waals surface area contributed by atoms with Crippen molar-refractivity contribution in [3.05, 3.63) is 29.8 Å². The van der Waals surface area contributed by atoms with Crippen LogP contribution in [0.3, 0.4) is 0 Å². The van der Waals surface area contributed by atoms with Gasteiger partial charge in [-0.05, 0) is 37.6 Å². The van der Waals surface area contributed by atoms with Crippen molar-refractivity contribution in [1.29, 1.82) is 0 Å². The van der Waals surface area contributed by atoms with Crippen molar-refractivity contribution in [2.24, 2.45) is 0 Å². The number of hydrogen-bond donors (Lipinski definition) is 2. The fourth-order valence-electron chi connectivity index (χ4n) is 2.81. The molecule has 2 heteroatoms. The summed E-state index contributed by atoms with van der Waals surface area (Å²) in [6.07, 6.45) is 2.55. The van der Waals surface area contributed by atoms with Crippen molar-refractivity contribution in [1.82, 2.24) is 5.32 Å². The van der Waals surface area contributed by atoms with Gasteiger partial charge in [0.15, 0.2) is 0 Å². The van der Waals surface area contributed by atoms with Gasteiger partial charge in [-0.3, -0.25) is 0 Å². The van der Waals surface area contributed by atoms with Gasteiger partial charge in [-0.25, -0.2) is 0 Å². The van der Waals surface area contributed by atoms with Gasteiger partial charge in [0.1, 0.15) is 0 Å². The van der Waals surface area contributed by atoms with E-state index >= 15 is 0 Å². The molecule has 18 heavy (non-hydrogen) atoms. The summed E-state index contributed by atoms with van der Waals surface area (Å²) in [6.45, 7) is 11.5. The van der Waals surface area contributed by atoms with E-state index in [-0.39, 0.29) is 0 Å². The number of piperidine rings is 1. The molecule has 1 spiro atoms. The minimum absolute atomic E-state index is 0.432. The predicted octanol–water partition coefficient (Wildman–Crippen LogP) is 3.79. The van der Waals surface area contributed by atoms with E-state index in [4.69, 9.17) is 0 Å². The summed E-state index contributed by atoms with van der Waals surface area (Å²) in [5.74, 6) is 0. The molecule has 2 nitrogen and oxygen atoms in total. The Kier molecular flexibility index (Phi) is 6.20. The smallest absolute Gasteiger partial charge is 0.0379 e. The van der Waals surface area contributed by atoms with Crippen LogP contribution in [-0.4, -0.2) is 19.6 Å². The molecule has 102 valence electrons. The predicted molar refractivity (Wildman–Crippen MR) is 81.4 cm³/mol. The molecule has 0 radical (unpaired) electrons. The lowest BCUT2D eigenvalue weighted by molar-refractivity contribution is 0.335. The lowest BCUT2D eigenvalue weighted by atomic mass is 9.75. The highest BCUT2D eigenvalue weighted by Gasteiger charge is 2.39. The van der Waals surface area contributed by atoms with Gasteiger partial charge in [0.2, 0.25) is 0 Å². The van der Waals surface area contributed by atoms with Gasteiger partial charge < -0.3 is 10.6 Å². The molecule has 2 aliphatic heterocycles. The topological polar surface area (TPSA) is 24.1 Å². The zero-order chi connectivity index (χ0) is 13.4. The summed E-state index contributed by atoms with van der Waals surface area (Å²) in [5, 5.41) is 6.97. The van der Waals surface area contributed by atoms with Crippen LogP contribution >= 0.6 is 0 Å². The summed E-state index contributed by atoms with van der Waals surface area (Å²) in [7, 11) is 0. The molecule has 0 unspecified atom stereocenters. The number of hydrogen-bond acceptors (Lipinski definition) is 2. The highest BCUT2D eigenvalue weighted by Crippen LogP contribution is 2.42. The Morgan fingerprint density at radius 2 is 1.56 bits per heavy atom. The molecule has 0 aliphatic carbocycles. The van der Waals surface area contributed by atoms with Crippen molar-refractivity contribution in [3.63, 3.8) is 0 Å². The number of nitrogens with one attached hydrogen (secondary N) is 2. The molecule has 1 aromatic carbocycles. The van der Waals surface area contributed by atoms with E-state index in [1.807, 2.05) is 27.7 Å². The normalized spacial score (nSPS) is 18.7. The third-order valence-corrected chi connectivity index (χ3v) is 3.68. The highest BCUT2D eigenvalue weighted by molar-refractivity contribution is 5.60. The van der Waals surface area contributed by atoms with Crippen molar-refractivity contribution in [2.45, 2.75) is 46.0 Å². The molecule has 0 saturated carbocycles. The van der Waals surface area contributed by atoms with E-state index in [9.17, 15) is 0 Å². The van der Waals surface area contributed by atoms with Crippen LogP contribution in [0, 0.1) is 0 Å². The maximum Gasteiger partial charge on any atom is 0.0379 e. The van der Waals surface area contributed by atoms with Gasteiger partial charge in [-0.1, -0.05) is 45.9 Å². The molecule has 1 aromatic rings. The molecule has 0 amide bonds. The summed E-state index contributed by atoms with van der Waals surface area (Å²) in [6, 6.07) is 8.77. The molecule has 0 aromatic heterocycles. The average Bonchev–Trinajstić information content (AvgIpc) is 2.83. The first-order valence-electron chi connectivity index (χ1n) is 7.45. The molecule has 1 saturated heterocycles. The Morgan fingerprint density at radius 3 is 2.22 bits per heavy atom. The van der Waals surface area contributed by atoms with Crippen LogP contribution in [0.1, 0.15) is 46.1 Å². The molecular weight excluding hydrogens is 220 g/mol. The van der Waals surface area contributed by atoms with Crippen molar-refractivity contribution >= 4 is 5.69 Å². The zero-order valence-corrected chi connectivity index (χ0v) is 12.3. The van der Waals surface area contributed by atoms with Crippen LogP contribution in [0.25, 0.3) is 0 Å². The summed E-state index contributed by atoms with van der Waals surface area (Å²) < 4.78 is 0. The Labute approximate surface area is 112 Å². The first-order valence-corrected chi connectivity index (χ1v) is 7.45. The highest BCUT2D eigenvalue weighted by atomic mass is 15.0. The van der Waals surface area contributed by atoms with Gasteiger partial charge in [0.25, 0.3) is 0 Å². The van der Waals surface area contributed by atoms with E-state index in [1.165, 1.54) is 18.5 Å².